The van der Waals surface area contributed by atoms with Crippen LogP contribution < -0.4 is 5.32 Å². The van der Waals surface area contributed by atoms with Crippen LogP contribution in [0.5, 0.6) is 0 Å². The van der Waals surface area contributed by atoms with Crippen LogP contribution in [-0.4, -0.2) is 6.54 Å². The molecule has 1 aromatic rings. The van der Waals surface area contributed by atoms with E-state index >= 15 is 0 Å². The molecule has 0 unspecified atom stereocenters. The second kappa shape index (κ2) is 4.67. The molecule has 1 fully saturated rings. The highest BCUT2D eigenvalue weighted by Crippen LogP contribution is 2.29. The van der Waals surface area contributed by atoms with E-state index in [0.717, 1.165) is 21.4 Å². The lowest BCUT2D eigenvalue weighted by molar-refractivity contribution is 0.333. The molecule has 1 aliphatic carbocycles. The van der Waals surface area contributed by atoms with Crippen molar-refractivity contribution in [2.24, 2.45) is 5.92 Å². The summed E-state index contributed by atoms with van der Waals surface area (Å²) in [5.74, 6) is 0.894. The molecule has 1 N–H and O–H groups in total. The van der Waals surface area contributed by atoms with Gasteiger partial charge < -0.3 is 5.32 Å². The van der Waals surface area contributed by atoms with Crippen molar-refractivity contribution >= 4 is 37.5 Å². The van der Waals surface area contributed by atoms with Crippen LogP contribution in [0.15, 0.2) is 27.1 Å². The standard InChI is InChI=1S/C11H13Br2N/c12-9-4-5-11(10(13)6-9)14-7-8-2-1-3-8/h4-6,8,14H,1-3,7H2. The van der Waals surface area contributed by atoms with Crippen LogP contribution in [0.2, 0.25) is 0 Å². The van der Waals surface area contributed by atoms with Crippen molar-refractivity contribution < 1.29 is 0 Å². The number of hydrogen-bond acceptors (Lipinski definition) is 1. The Hall–Kier alpha value is -0.0200. The van der Waals surface area contributed by atoms with Gasteiger partial charge in [-0.1, -0.05) is 22.4 Å². The van der Waals surface area contributed by atoms with E-state index in [1.54, 1.807) is 0 Å². The summed E-state index contributed by atoms with van der Waals surface area (Å²) in [6.07, 6.45) is 4.19. The minimum Gasteiger partial charge on any atom is -0.384 e. The van der Waals surface area contributed by atoms with Gasteiger partial charge in [0.1, 0.15) is 0 Å². The predicted molar refractivity (Wildman–Crippen MR) is 67.7 cm³/mol. The topological polar surface area (TPSA) is 12.0 Å². The van der Waals surface area contributed by atoms with Crippen molar-refractivity contribution in [1.82, 2.24) is 0 Å². The van der Waals surface area contributed by atoms with E-state index in [1.165, 1.54) is 24.9 Å². The maximum absolute atomic E-state index is 3.54. The highest BCUT2D eigenvalue weighted by molar-refractivity contribution is 9.11. The number of rotatable bonds is 3. The molecule has 0 aromatic heterocycles. The van der Waals surface area contributed by atoms with E-state index in [1.807, 2.05) is 0 Å². The van der Waals surface area contributed by atoms with Crippen molar-refractivity contribution in [2.45, 2.75) is 19.3 Å². The Morgan fingerprint density at radius 2 is 2.07 bits per heavy atom. The minimum absolute atomic E-state index is 0.894. The third kappa shape index (κ3) is 2.51. The fourth-order valence-electron chi connectivity index (χ4n) is 1.58. The Morgan fingerprint density at radius 3 is 2.64 bits per heavy atom. The van der Waals surface area contributed by atoms with Gasteiger partial charge in [-0.05, 0) is 52.9 Å². The maximum atomic E-state index is 3.54. The summed E-state index contributed by atoms with van der Waals surface area (Å²) in [6.45, 7) is 1.11. The zero-order chi connectivity index (χ0) is 9.97. The Morgan fingerprint density at radius 1 is 1.29 bits per heavy atom. The van der Waals surface area contributed by atoms with Crippen LogP contribution in [0.25, 0.3) is 0 Å². The minimum atomic E-state index is 0.894. The number of benzene rings is 1. The van der Waals surface area contributed by atoms with Gasteiger partial charge in [0.05, 0.1) is 0 Å². The first-order valence-corrected chi connectivity index (χ1v) is 6.53. The molecule has 1 aliphatic rings. The van der Waals surface area contributed by atoms with Crippen LogP contribution in [0.3, 0.4) is 0 Å². The first-order chi connectivity index (χ1) is 6.75. The quantitative estimate of drug-likeness (QED) is 0.869. The summed E-state index contributed by atoms with van der Waals surface area (Å²) in [5, 5.41) is 3.47. The molecule has 0 amide bonds. The zero-order valence-corrected chi connectivity index (χ0v) is 11.1. The predicted octanol–water partition coefficient (Wildman–Crippen LogP) is 4.42. The largest absolute Gasteiger partial charge is 0.384 e. The fourth-order valence-corrected chi connectivity index (χ4v) is 2.77. The van der Waals surface area contributed by atoms with Crippen LogP contribution in [0.4, 0.5) is 5.69 Å². The Bertz CT molecular complexity index is 321. The zero-order valence-electron chi connectivity index (χ0n) is 7.89. The maximum Gasteiger partial charge on any atom is 0.0485 e. The lowest BCUT2D eigenvalue weighted by atomic mass is 9.85. The molecule has 0 atom stereocenters. The normalized spacial score (nSPS) is 16.4. The number of halogens is 2. The molecule has 1 saturated carbocycles. The Balaban J connectivity index is 1.94. The van der Waals surface area contributed by atoms with Crippen LogP contribution in [0, 0.1) is 5.92 Å². The SMILES string of the molecule is Brc1ccc(NCC2CCC2)c(Br)c1. The summed E-state index contributed by atoms with van der Waals surface area (Å²) in [6, 6.07) is 6.24. The van der Waals surface area contributed by atoms with Crippen LogP contribution in [0.1, 0.15) is 19.3 Å². The molecule has 0 bridgehead atoms. The lowest BCUT2D eigenvalue weighted by Crippen LogP contribution is -2.20. The van der Waals surface area contributed by atoms with Crippen molar-refractivity contribution in [3.8, 4) is 0 Å². The van der Waals surface area contributed by atoms with Crippen LogP contribution in [-0.2, 0) is 0 Å². The monoisotopic (exact) mass is 317 g/mol. The van der Waals surface area contributed by atoms with Crippen molar-refractivity contribution in [3.05, 3.63) is 27.1 Å². The summed E-state index contributed by atoms with van der Waals surface area (Å²) in [4.78, 5) is 0. The summed E-state index contributed by atoms with van der Waals surface area (Å²) >= 11 is 6.99. The molecule has 1 aromatic carbocycles. The molecule has 0 aliphatic heterocycles. The molecule has 14 heavy (non-hydrogen) atoms. The Kier molecular flexibility index (Phi) is 3.50. The number of anilines is 1. The third-order valence-corrected chi connectivity index (χ3v) is 3.89. The average Bonchev–Trinajstić information content (AvgIpc) is 2.05. The van der Waals surface area contributed by atoms with Gasteiger partial charge in [0.25, 0.3) is 0 Å². The van der Waals surface area contributed by atoms with E-state index in [4.69, 9.17) is 0 Å². The molecule has 3 heteroatoms. The molecule has 0 radical (unpaired) electrons. The summed E-state index contributed by atoms with van der Waals surface area (Å²) < 4.78 is 2.24. The molecule has 0 heterocycles. The van der Waals surface area contributed by atoms with E-state index in [-0.39, 0.29) is 0 Å². The lowest BCUT2D eigenvalue weighted by Gasteiger charge is -2.26. The van der Waals surface area contributed by atoms with Gasteiger partial charge in [-0.3, -0.25) is 0 Å². The third-order valence-electron chi connectivity index (χ3n) is 2.74. The molecule has 0 saturated heterocycles. The van der Waals surface area contributed by atoms with Crippen molar-refractivity contribution in [2.75, 3.05) is 11.9 Å². The first kappa shape index (κ1) is 10.5. The fraction of sp³-hybridized carbons (Fsp3) is 0.455. The molecule has 76 valence electrons. The highest BCUT2D eigenvalue weighted by atomic mass is 79.9. The molecular weight excluding hydrogens is 306 g/mol. The second-order valence-corrected chi connectivity index (χ2v) is 5.57. The van der Waals surface area contributed by atoms with Gasteiger partial charge in [0.15, 0.2) is 0 Å². The van der Waals surface area contributed by atoms with Gasteiger partial charge in [0.2, 0.25) is 0 Å². The van der Waals surface area contributed by atoms with Crippen LogP contribution >= 0.6 is 31.9 Å². The second-order valence-electron chi connectivity index (χ2n) is 3.80. The number of nitrogens with one attached hydrogen (secondary N) is 1. The summed E-state index contributed by atoms with van der Waals surface area (Å²) in [7, 11) is 0. The van der Waals surface area contributed by atoms with E-state index in [9.17, 15) is 0 Å². The highest BCUT2D eigenvalue weighted by Gasteiger charge is 2.16. The van der Waals surface area contributed by atoms with Crippen molar-refractivity contribution in [1.29, 1.82) is 0 Å². The molecule has 1 nitrogen and oxygen atoms in total. The molecule has 0 spiro atoms. The summed E-state index contributed by atoms with van der Waals surface area (Å²) in [5.41, 5.74) is 1.19. The van der Waals surface area contributed by atoms with E-state index in [2.05, 4.69) is 55.4 Å². The van der Waals surface area contributed by atoms with E-state index < -0.39 is 0 Å². The van der Waals surface area contributed by atoms with Crippen molar-refractivity contribution in [3.63, 3.8) is 0 Å². The average molecular weight is 319 g/mol. The number of hydrogen-bond donors (Lipinski definition) is 1. The Labute approximate surface area is 102 Å². The van der Waals surface area contributed by atoms with Gasteiger partial charge in [-0.15, -0.1) is 0 Å². The van der Waals surface area contributed by atoms with Gasteiger partial charge in [0, 0.05) is 21.2 Å². The smallest absolute Gasteiger partial charge is 0.0485 e. The van der Waals surface area contributed by atoms with Gasteiger partial charge >= 0.3 is 0 Å². The molecule has 2 rings (SSSR count). The van der Waals surface area contributed by atoms with Gasteiger partial charge in [-0.2, -0.15) is 0 Å². The van der Waals surface area contributed by atoms with Gasteiger partial charge in [-0.25, -0.2) is 0 Å². The first-order valence-electron chi connectivity index (χ1n) is 4.94. The molecular formula is C11H13Br2N. The van der Waals surface area contributed by atoms with E-state index in [0.29, 0.717) is 0 Å².